The number of alkyl halides is 2. The average Bonchev–Trinajstić information content (AvgIpc) is 2.47. The summed E-state index contributed by atoms with van der Waals surface area (Å²) < 4.78 is 28.9. The predicted octanol–water partition coefficient (Wildman–Crippen LogP) is 3.00. The third kappa shape index (κ3) is 4.72. The summed E-state index contributed by atoms with van der Waals surface area (Å²) in [4.78, 5) is 15.5. The van der Waals surface area contributed by atoms with Crippen LogP contribution < -0.4 is 15.4 Å². The van der Waals surface area contributed by atoms with Crippen LogP contribution in [0, 0.1) is 0 Å². The molecule has 0 saturated carbocycles. The number of halogens is 2. The van der Waals surface area contributed by atoms with E-state index in [0.29, 0.717) is 11.3 Å². The molecule has 0 aliphatic carbocycles. The summed E-state index contributed by atoms with van der Waals surface area (Å²) in [5.41, 5.74) is 0.992. The first-order chi connectivity index (χ1) is 10.1. The molecule has 5 nitrogen and oxygen atoms in total. The minimum atomic E-state index is -2.91. The number of anilines is 1. The second-order valence-corrected chi connectivity index (χ2v) is 4.04. The number of amides is 2. The zero-order valence-electron chi connectivity index (χ0n) is 10.9. The van der Waals surface area contributed by atoms with Gasteiger partial charge in [-0.2, -0.15) is 8.78 Å². The molecule has 1 aromatic carbocycles. The van der Waals surface area contributed by atoms with Crippen LogP contribution in [-0.4, -0.2) is 17.6 Å². The van der Waals surface area contributed by atoms with Crippen LogP contribution in [0.1, 0.15) is 5.56 Å². The Labute approximate surface area is 120 Å². The summed E-state index contributed by atoms with van der Waals surface area (Å²) in [5, 5.41) is 5.13. The van der Waals surface area contributed by atoms with E-state index in [1.54, 1.807) is 36.5 Å². The summed E-state index contributed by atoms with van der Waals surface area (Å²) in [5.74, 6) is 0.0363. The molecule has 2 amide bonds. The van der Waals surface area contributed by atoms with E-state index in [0.717, 1.165) is 0 Å². The Kier molecular flexibility index (Phi) is 5.03. The van der Waals surface area contributed by atoms with Crippen molar-refractivity contribution in [1.82, 2.24) is 10.3 Å². The van der Waals surface area contributed by atoms with Crippen LogP contribution >= 0.6 is 0 Å². The lowest BCUT2D eigenvalue weighted by Crippen LogP contribution is -2.28. The van der Waals surface area contributed by atoms with Crippen LogP contribution in [0.5, 0.6) is 5.75 Å². The van der Waals surface area contributed by atoms with Gasteiger partial charge >= 0.3 is 12.6 Å². The third-order valence-corrected chi connectivity index (χ3v) is 2.55. The van der Waals surface area contributed by atoms with Crippen LogP contribution in [0.3, 0.4) is 0 Å². The first kappa shape index (κ1) is 14.7. The van der Waals surface area contributed by atoms with Gasteiger partial charge in [0.15, 0.2) is 0 Å². The smallest absolute Gasteiger partial charge is 0.387 e. The Balaban J connectivity index is 1.92. The summed E-state index contributed by atoms with van der Waals surface area (Å²) in [6.07, 6.45) is 3.08. The number of carbonyl (C=O) groups excluding carboxylic acids is 1. The third-order valence-electron chi connectivity index (χ3n) is 2.55. The van der Waals surface area contributed by atoms with Crippen molar-refractivity contribution in [2.24, 2.45) is 0 Å². The van der Waals surface area contributed by atoms with Crippen molar-refractivity contribution in [3.63, 3.8) is 0 Å². The summed E-state index contributed by atoms with van der Waals surface area (Å²) in [6.45, 7) is -2.84. The highest BCUT2D eigenvalue weighted by atomic mass is 19.3. The summed E-state index contributed by atoms with van der Waals surface area (Å²) >= 11 is 0. The fourth-order valence-corrected chi connectivity index (χ4v) is 1.65. The highest BCUT2D eigenvalue weighted by Gasteiger charge is 2.10. The topological polar surface area (TPSA) is 63.2 Å². The van der Waals surface area contributed by atoms with E-state index in [1.165, 1.54) is 12.3 Å². The van der Waals surface area contributed by atoms with E-state index in [-0.39, 0.29) is 12.3 Å². The second kappa shape index (κ2) is 7.18. The lowest BCUT2D eigenvalue weighted by atomic mass is 10.2. The van der Waals surface area contributed by atoms with Crippen LogP contribution in [-0.2, 0) is 6.54 Å². The summed E-state index contributed by atoms with van der Waals surface area (Å²) in [7, 11) is 0. The second-order valence-electron chi connectivity index (χ2n) is 4.04. The maximum Gasteiger partial charge on any atom is 0.387 e. The number of para-hydroxylation sites is 1. The SMILES string of the molecule is O=C(NCc1ccccc1OC(F)F)Nc1cccnc1. The molecular formula is C14H13F2N3O2. The number of carbonyl (C=O) groups is 1. The fraction of sp³-hybridized carbons (Fsp3) is 0.143. The Morgan fingerprint density at radius 2 is 2.05 bits per heavy atom. The van der Waals surface area contributed by atoms with E-state index < -0.39 is 12.6 Å². The predicted molar refractivity (Wildman–Crippen MR) is 73.2 cm³/mol. The van der Waals surface area contributed by atoms with Gasteiger partial charge in [-0.1, -0.05) is 18.2 Å². The molecule has 0 saturated heterocycles. The van der Waals surface area contributed by atoms with E-state index in [9.17, 15) is 13.6 Å². The van der Waals surface area contributed by atoms with Gasteiger partial charge in [-0.05, 0) is 18.2 Å². The zero-order chi connectivity index (χ0) is 15.1. The lowest BCUT2D eigenvalue weighted by Gasteiger charge is -2.11. The van der Waals surface area contributed by atoms with E-state index in [1.807, 2.05) is 0 Å². The van der Waals surface area contributed by atoms with Gasteiger partial charge in [-0.3, -0.25) is 4.98 Å². The van der Waals surface area contributed by atoms with Crippen LogP contribution in [0.2, 0.25) is 0 Å². The first-order valence-electron chi connectivity index (χ1n) is 6.13. The van der Waals surface area contributed by atoms with Gasteiger partial charge in [-0.25, -0.2) is 4.79 Å². The zero-order valence-corrected chi connectivity index (χ0v) is 10.9. The number of nitrogens with zero attached hydrogens (tertiary/aromatic N) is 1. The van der Waals surface area contributed by atoms with E-state index in [2.05, 4.69) is 20.4 Å². The molecular weight excluding hydrogens is 280 g/mol. The van der Waals surface area contributed by atoms with Gasteiger partial charge in [0.05, 0.1) is 11.9 Å². The molecule has 0 bridgehead atoms. The molecule has 2 N–H and O–H groups in total. The molecule has 0 aliphatic rings. The van der Waals surface area contributed by atoms with Gasteiger partial charge in [-0.15, -0.1) is 0 Å². The monoisotopic (exact) mass is 293 g/mol. The van der Waals surface area contributed by atoms with Crippen molar-refractivity contribution in [3.8, 4) is 5.75 Å². The lowest BCUT2D eigenvalue weighted by molar-refractivity contribution is -0.0504. The molecule has 0 atom stereocenters. The molecule has 0 fully saturated rings. The normalized spacial score (nSPS) is 10.2. The molecule has 0 unspecified atom stereocenters. The van der Waals surface area contributed by atoms with E-state index in [4.69, 9.17) is 0 Å². The highest BCUT2D eigenvalue weighted by molar-refractivity contribution is 5.88. The van der Waals surface area contributed by atoms with E-state index >= 15 is 0 Å². The molecule has 0 aliphatic heterocycles. The molecule has 0 spiro atoms. The van der Waals surface area contributed by atoms with Gasteiger partial charge in [0.25, 0.3) is 0 Å². The quantitative estimate of drug-likeness (QED) is 0.890. The minimum absolute atomic E-state index is 0.0363. The number of hydrogen-bond acceptors (Lipinski definition) is 3. The van der Waals surface area contributed by atoms with Crippen molar-refractivity contribution in [2.75, 3.05) is 5.32 Å². The molecule has 1 heterocycles. The average molecular weight is 293 g/mol. The number of urea groups is 1. The molecule has 21 heavy (non-hydrogen) atoms. The van der Waals surface area contributed by atoms with Gasteiger partial charge in [0.1, 0.15) is 5.75 Å². The molecule has 7 heteroatoms. The number of ether oxygens (including phenoxy) is 1. The Morgan fingerprint density at radius 1 is 1.24 bits per heavy atom. The number of benzene rings is 1. The molecule has 0 radical (unpaired) electrons. The molecule has 1 aromatic heterocycles. The van der Waals surface area contributed by atoms with Crippen molar-refractivity contribution >= 4 is 11.7 Å². The van der Waals surface area contributed by atoms with Crippen molar-refractivity contribution in [3.05, 3.63) is 54.4 Å². The fourth-order valence-electron chi connectivity index (χ4n) is 1.65. The first-order valence-corrected chi connectivity index (χ1v) is 6.13. The highest BCUT2D eigenvalue weighted by Crippen LogP contribution is 2.19. The minimum Gasteiger partial charge on any atom is -0.434 e. The number of aromatic nitrogens is 1. The Hall–Kier alpha value is -2.70. The van der Waals surface area contributed by atoms with Crippen molar-refractivity contribution < 1.29 is 18.3 Å². The van der Waals surface area contributed by atoms with Crippen LogP contribution in [0.4, 0.5) is 19.3 Å². The molecule has 110 valence electrons. The summed E-state index contributed by atoms with van der Waals surface area (Å²) in [6, 6.07) is 9.17. The van der Waals surface area contributed by atoms with Gasteiger partial charge in [0, 0.05) is 18.3 Å². The number of rotatable bonds is 5. The standard InChI is InChI=1S/C14H13F2N3O2/c15-13(16)21-12-6-2-1-4-10(12)8-18-14(20)19-11-5-3-7-17-9-11/h1-7,9,13H,8H2,(H2,18,19,20). The van der Waals surface area contributed by atoms with Crippen molar-refractivity contribution in [2.45, 2.75) is 13.2 Å². The maximum absolute atomic E-state index is 12.3. The Bertz CT molecular complexity index is 594. The Morgan fingerprint density at radius 3 is 2.76 bits per heavy atom. The number of nitrogens with one attached hydrogen (secondary N) is 2. The van der Waals surface area contributed by atoms with Gasteiger partial charge in [0.2, 0.25) is 0 Å². The largest absolute Gasteiger partial charge is 0.434 e. The molecule has 2 aromatic rings. The number of pyridine rings is 1. The van der Waals surface area contributed by atoms with Crippen LogP contribution in [0.15, 0.2) is 48.8 Å². The van der Waals surface area contributed by atoms with Gasteiger partial charge < -0.3 is 15.4 Å². The van der Waals surface area contributed by atoms with Crippen molar-refractivity contribution in [1.29, 1.82) is 0 Å². The van der Waals surface area contributed by atoms with Crippen LogP contribution in [0.25, 0.3) is 0 Å². The maximum atomic E-state index is 12.3. The molecule has 2 rings (SSSR count). The number of hydrogen-bond donors (Lipinski definition) is 2.